The molecule has 8 heteroatoms. The number of benzene rings is 1. The van der Waals surface area contributed by atoms with Gasteiger partial charge < -0.3 is 14.8 Å². The lowest BCUT2D eigenvalue weighted by Crippen LogP contribution is -2.50. The highest BCUT2D eigenvalue weighted by atomic mass is 35.5. The highest BCUT2D eigenvalue weighted by Crippen LogP contribution is 2.30. The molecule has 0 spiro atoms. The number of rotatable bonds is 4. The number of aromatic amines is 1. The van der Waals surface area contributed by atoms with Crippen molar-refractivity contribution in [1.29, 1.82) is 0 Å². The number of aromatic nitrogens is 1. The summed E-state index contributed by atoms with van der Waals surface area (Å²) in [5.41, 5.74) is 0.154. The largest absolute Gasteiger partial charge is 0.348 e. The van der Waals surface area contributed by atoms with E-state index in [0.717, 1.165) is 32.2 Å². The number of hydrogen-bond donors (Lipinski definition) is 1. The van der Waals surface area contributed by atoms with E-state index in [9.17, 15) is 13.6 Å². The maximum atomic E-state index is 14.6. The minimum atomic E-state index is -0.792. The average molecular weight is 371 g/mol. The van der Waals surface area contributed by atoms with E-state index in [1.165, 1.54) is 6.07 Å². The summed E-state index contributed by atoms with van der Waals surface area (Å²) in [5, 5.41) is -0.381. The van der Waals surface area contributed by atoms with E-state index < -0.39 is 17.5 Å². The van der Waals surface area contributed by atoms with Gasteiger partial charge in [-0.05, 0) is 26.2 Å². The second-order valence-corrected chi connectivity index (χ2v) is 6.91. The first kappa shape index (κ1) is 18.1. The van der Waals surface area contributed by atoms with E-state index in [4.69, 9.17) is 11.6 Å². The SMILES string of the molecule is CN(C)CCN1CCN(C(=O)c2[nH]c3ccc(F)c(Cl)c3c2F)CC1. The summed E-state index contributed by atoms with van der Waals surface area (Å²) in [7, 11) is 4.04. The lowest BCUT2D eigenvalue weighted by Gasteiger charge is -2.35. The Morgan fingerprint density at radius 2 is 1.92 bits per heavy atom. The van der Waals surface area contributed by atoms with E-state index in [0.29, 0.717) is 18.6 Å². The molecule has 5 nitrogen and oxygen atoms in total. The van der Waals surface area contributed by atoms with Gasteiger partial charge in [0, 0.05) is 39.3 Å². The number of hydrogen-bond acceptors (Lipinski definition) is 3. The Hall–Kier alpha value is -1.70. The van der Waals surface area contributed by atoms with E-state index in [1.807, 2.05) is 14.1 Å². The van der Waals surface area contributed by atoms with Crippen LogP contribution in [-0.4, -0.2) is 79.0 Å². The average Bonchev–Trinajstić information content (AvgIpc) is 2.93. The predicted molar refractivity (Wildman–Crippen MR) is 94.1 cm³/mol. The number of amides is 1. The van der Waals surface area contributed by atoms with Crippen LogP contribution < -0.4 is 0 Å². The molecule has 1 aromatic carbocycles. The van der Waals surface area contributed by atoms with Crippen LogP contribution in [0.2, 0.25) is 5.02 Å². The number of halogens is 3. The topological polar surface area (TPSA) is 42.6 Å². The van der Waals surface area contributed by atoms with Gasteiger partial charge in [-0.1, -0.05) is 11.6 Å². The molecule has 1 aliphatic rings. The molecular formula is C17H21ClF2N4O. The van der Waals surface area contributed by atoms with E-state index in [1.54, 1.807) is 4.90 Å². The number of H-pyrrole nitrogens is 1. The van der Waals surface area contributed by atoms with E-state index >= 15 is 0 Å². The summed E-state index contributed by atoms with van der Waals surface area (Å²) in [6.07, 6.45) is 0. The van der Waals surface area contributed by atoms with Crippen molar-refractivity contribution in [1.82, 2.24) is 19.7 Å². The van der Waals surface area contributed by atoms with Gasteiger partial charge in [-0.15, -0.1) is 0 Å². The highest BCUT2D eigenvalue weighted by Gasteiger charge is 2.27. The number of piperazine rings is 1. The fourth-order valence-corrected chi connectivity index (χ4v) is 3.25. The standard InChI is InChI=1S/C17H21ClF2N4O/c1-22(2)5-6-23-7-9-24(10-8-23)17(25)16-15(20)13-12(21-16)4-3-11(19)14(13)18/h3-4,21H,5-10H2,1-2H3. The molecule has 2 aromatic rings. The first-order valence-electron chi connectivity index (χ1n) is 8.20. The van der Waals surface area contributed by atoms with Gasteiger partial charge in [-0.2, -0.15) is 0 Å². The third-order valence-electron chi connectivity index (χ3n) is 4.53. The second kappa shape index (κ2) is 7.27. The van der Waals surface area contributed by atoms with Crippen molar-refractivity contribution >= 4 is 28.4 Å². The molecule has 0 unspecified atom stereocenters. The summed E-state index contributed by atoms with van der Waals surface area (Å²) < 4.78 is 28.2. The van der Waals surface area contributed by atoms with Crippen LogP contribution in [0, 0.1) is 11.6 Å². The van der Waals surface area contributed by atoms with Crippen molar-refractivity contribution in [3.8, 4) is 0 Å². The summed E-state index contributed by atoms with van der Waals surface area (Å²) >= 11 is 5.84. The molecule has 0 bridgehead atoms. The van der Waals surface area contributed by atoms with Crippen LogP contribution in [0.25, 0.3) is 10.9 Å². The van der Waals surface area contributed by atoms with Crippen molar-refractivity contribution in [2.75, 3.05) is 53.4 Å². The summed E-state index contributed by atoms with van der Waals surface area (Å²) in [6, 6.07) is 2.54. The maximum absolute atomic E-state index is 14.6. The van der Waals surface area contributed by atoms with Gasteiger partial charge in [0.1, 0.15) is 11.5 Å². The summed E-state index contributed by atoms with van der Waals surface area (Å²) in [6.45, 7) is 4.44. The maximum Gasteiger partial charge on any atom is 0.273 e. The first-order valence-corrected chi connectivity index (χ1v) is 8.58. The Balaban J connectivity index is 1.73. The molecule has 136 valence electrons. The number of nitrogens with zero attached hydrogens (tertiary/aromatic N) is 3. The van der Waals surface area contributed by atoms with Crippen molar-refractivity contribution in [3.05, 3.63) is 34.5 Å². The van der Waals surface area contributed by atoms with Crippen molar-refractivity contribution in [3.63, 3.8) is 0 Å². The number of carbonyl (C=O) groups excluding carboxylic acids is 1. The molecule has 1 fully saturated rings. The van der Waals surface area contributed by atoms with Crippen LogP contribution in [0.15, 0.2) is 12.1 Å². The lowest BCUT2D eigenvalue weighted by atomic mass is 10.2. The molecular weight excluding hydrogens is 350 g/mol. The monoisotopic (exact) mass is 370 g/mol. The Morgan fingerprint density at radius 1 is 1.24 bits per heavy atom. The van der Waals surface area contributed by atoms with Crippen LogP contribution in [0.1, 0.15) is 10.5 Å². The lowest BCUT2D eigenvalue weighted by molar-refractivity contribution is 0.0620. The van der Waals surface area contributed by atoms with Gasteiger partial charge in [-0.25, -0.2) is 8.78 Å². The molecule has 1 amide bonds. The summed E-state index contributed by atoms with van der Waals surface area (Å²) in [4.78, 5) is 21.4. The fourth-order valence-electron chi connectivity index (χ4n) is 3.01. The second-order valence-electron chi connectivity index (χ2n) is 6.54. The van der Waals surface area contributed by atoms with E-state index in [2.05, 4.69) is 14.8 Å². The predicted octanol–water partition coefficient (Wildman–Crippen LogP) is 2.42. The highest BCUT2D eigenvalue weighted by molar-refractivity contribution is 6.35. The van der Waals surface area contributed by atoms with Gasteiger partial charge in [0.15, 0.2) is 5.82 Å². The third-order valence-corrected chi connectivity index (χ3v) is 4.90. The third kappa shape index (κ3) is 3.63. The molecule has 25 heavy (non-hydrogen) atoms. The van der Waals surface area contributed by atoms with Crippen LogP contribution in [-0.2, 0) is 0 Å². The Bertz CT molecular complexity index is 785. The molecule has 1 aliphatic heterocycles. The van der Waals surface area contributed by atoms with Crippen molar-refractivity contribution in [2.24, 2.45) is 0 Å². The molecule has 0 radical (unpaired) electrons. The first-order chi connectivity index (χ1) is 11.9. The Labute approximate surface area is 150 Å². The number of nitrogens with one attached hydrogen (secondary N) is 1. The zero-order chi connectivity index (χ0) is 18.1. The molecule has 3 rings (SSSR count). The Kier molecular flexibility index (Phi) is 5.27. The normalized spacial score (nSPS) is 16.2. The molecule has 0 saturated carbocycles. The van der Waals surface area contributed by atoms with Gasteiger partial charge >= 0.3 is 0 Å². The minimum absolute atomic E-state index is 0.0744. The van der Waals surface area contributed by atoms with Gasteiger partial charge in [0.2, 0.25) is 0 Å². The van der Waals surface area contributed by atoms with Crippen LogP contribution in [0.5, 0.6) is 0 Å². The smallest absolute Gasteiger partial charge is 0.273 e. The molecule has 2 heterocycles. The molecule has 1 saturated heterocycles. The van der Waals surface area contributed by atoms with E-state index in [-0.39, 0.29) is 16.1 Å². The zero-order valence-electron chi connectivity index (χ0n) is 14.3. The zero-order valence-corrected chi connectivity index (χ0v) is 15.0. The van der Waals surface area contributed by atoms with Gasteiger partial charge in [0.25, 0.3) is 5.91 Å². The summed E-state index contributed by atoms with van der Waals surface area (Å²) in [5.74, 6) is -1.92. The Morgan fingerprint density at radius 3 is 2.56 bits per heavy atom. The number of likely N-dealkylation sites (N-methyl/N-ethyl adjacent to an activating group) is 1. The van der Waals surface area contributed by atoms with Crippen LogP contribution in [0.4, 0.5) is 8.78 Å². The van der Waals surface area contributed by atoms with Crippen LogP contribution in [0.3, 0.4) is 0 Å². The fraction of sp³-hybridized carbons (Fsp3) is 0.471. The molecule has 0 aliphatic carbocycles. The van der Waals surface area contributed by atoms with Gasteiger partial charge in [0.05, 0.1) is 15.9 Å². The van der Waals surface area contributed by atoms with Crippen molar-refractivity contribution in [2.45, 2.75) is 0 Å². The number of carbonyl (C=O) groups is 1. The van der Waals surface area contributed by atoms with Crippen LogP contribution >= 0.6 is 11.6 Å². The van der Waals surface area contributed by atoms with Gasteiger partial charge in [-0.3, -0.25) is 9.69 Å². The number of fused-ring (bicyclic) bond motifs is 1. The quantitative estimate of drug-likeness (QED) is 0.898. The minimum Gasteiger partial charge on any atom is -0.348 e. The molecule has 0 atom stereocenters. The van der Waals surface area contributed by atoms with Crippen molar-refractivity contribution < 1.29 is 13.6 Å². The molecule has 1 aromatic heterocycles. The molecule has 1 N–H and O–H groups in total.